The van der Waals surface area contributed by atoms with Crippen molar-refractivity contribution in [2.75, 3.05) is 5.43 Å². The van der Waals surface area contributed by atoms with Gasteiger partial charge in [-0.3, -0.25) is 5.43 Å². The number of hydrogen-bond donors (Lipinski definition) is 1. The van der Waals surface area contributed by atoms with Gasteiger partial charge in [-0.1, -0.05) is 36.4 Å². The Morgan fingerprint density at radius 3 is 2.54 bits per heavy atom. The first-order valence-corrected chi connectivity index (χ1v) is 7.27. The molecule has 0 radical (unpaired) electrons. The third-order valence-electron chi connectivity index (χ3n) is 3.57. The minimum Gasteiger partial charge on any atom is -0.261 e. The van der Waals surface area contributed by atoms with Crippen LogP contribution in [-0.2, 0) is 6.18 Å². The number of fused-ring (bicyclic) bond motifs is 1. The van der Waals surface area contributed by atoms with Crippen LogP contribution >= 0.6 is 0 Å². The fourth-order valence-electron chi connectivity index (χ4n) is 2.44. The van der Waals surface area contributed by atoms with Gasteiger partial charge in [-0.05, 0) is 30.7 Å². The van der Waals surface area contributed by atoms with Gasteiger partial charge in [0.1, 0.15) is 5.82 Å². The summed E-state index contributed by atoms with van der Waals surface area (Å²) in [6, 6.07) is 14.7. The number of pyridine rings is 1. The molecule has 3 aromatic rings. The largest absolute Gasteiger partial charge is 0.417 e. The maximum atomic E-state index is 12.9. The predicted octanol–water partition coefficient (Wildman–Crippen LogP) is 5.01. The lowest BCUT2D eigenvalue weighted by molar-refractivity contribution is -0.137. The molecule has 0 fully saturated rings. The van der Waals surface area contributed by atoms with E-state index in [-0.39, 0.29) is 5.56 Å². The third-order valence-corrected chi connectivity index (χ3v) is 3.57. The SMILES string of the molecule is Cc1cc(N/N=C\c2ccccc2C(F)(F)F)nc2ccccc12. The molecule has 24 heavy (non-hydrogen) atoms. The molecule has 1 N–H and O–H groups in total. The molecule has 3 nitrogen and oxygen atoms in total. The number of para-hydroxylation sites is 1. The van der Waals surface area contributed by atoms with Crippen molar-refractivity contribution in [2.45, 2.75) is 13.1 Å². The van der Waals surface area contributed by atoms with Crippen molar-refractivity contribution in [1.29, 1.82) is 0 Å². The van der Waals surface area contributed by atoms with Gasteiger partial charge in [-0.15, -0.1) is 0 Å². The van der Waals surface area contributed by atoms with Crippen LogP contribution in [0.1, 0.15) is 16.7 Å². The van der Waals surface area contributed by atoms with Crippen LogP contribution in [0.3, 0.4) is 0 Å². The van der Waals surface area contributed by atoms with Gasteiger partial charge in [-0.2, -0.15) is 18.3 Å². The normalized spacial score (nSPS) is 12.0. The van der Waals surface area contributed by atoms with E-state index in [4.69, 9.17) is 0 Å². The number of nitrogens with zero attached hydrogens (tertiary/aromatic N) is 2. The van der Waals surface area contributed by atoms with Gasteiger partial charge < -0.3 is 0 Å². The number of halogens is 3. The van der Waals surface area contributed by atoms with Crippen LogP contribution in [0.15, 0.2) is 59.7 Å². The number of aromatic nitrogens is 1. The second-order valence-electron chi connectivity index (χ2n) is 5.30. The lowest BCUT2D eigenvalue weighted by Gasteiger charge is -2.09. The molecule has 6 heteroatoms. The molecule has 0 saturated carbocycles. The molecule has 0 aliphatic carbocycles. The first kappa shape index (κ1) is 16.0. The van der Waals surface area contributed by atoms with Gasteiger partial charge in [0.05, 0.1) is 17.3 Å². The Morgan fingerprint density at radius 2 is 1.75 bits per heavy atom. The molecule has 3 rings (SSSR count). The zero-order valence-electron chi connectivity index (χ0n) is 12.8. The van der Waals surface area contributed by atoms with Gasteiger partial charge in [0.15, 0.2) is 0 Å². The van der Waals surface area contributed by atoms with Gasteiger partial charge in [0, 0.05) is 10.9 Å². The topological polar surface area (TPSA) is 37.3 Å². The minimum absolute atomic E-state index is 0.00462. The maximum absolute atomic E-state index is 12.9. The van der Waals surface area contributed by atoms with Crippen molar-refractivity contribution < 1.29 is 13.2 Å². The van der Waals surface area contributed by atoms with Crippen LogP contribution < -0.4 is 5.43 Å². The Morgan fingerprint density at radius 1 is 1.04 bits per heavy atom. The van der Waals surface area contributed by atoms with E-state index in [0.717, 1.165) is 28.7 Å². The van der Waals surface area contributed by atoms with E-state index in [1.165, 1.54) is 18.2 Å². The summed E-state index contributed by atoms with van der Waals surface area (Å²) in [4.78, 5) is 4.39. The lowest BCUT2D eigenvalue weighted by atomic mass is 10.1. The summed E-state index contributed by atoms with van der Waals surface area (Å²) in [5.74, 6) is 0.479. The molecule has 0 spiro atoms. The number of benzene rings is 2. The lowest BCUT2D eigenvalue weighted by Crippen LogP contribution is -2.09. The molecule has 0 amide bonds. The van der Waals surface area contributed by atoms with E-state index in [1.54, 1.807) is 6.07 Å². The highest BCUT2D eigenvalue weighted by Crippen LogP contribution is 2.31. The highest BCUT2D eigenvalue weighted by Gasteiger charge is 2.32. The van der Waals surface area contributed by atoms with E-state index in [0.29, 0.717) is 5.82 Å². The van der Waals surface area contributed by atoms with E-state index in [1.807, 2.05) is 31.2 Å². The predicted molar refractivity (Wildman–Crippen MR) is 89.1 cm³/mol. The summed E-state index contributed by atoms with van der Waals surface area (Å²) in [7, 11) is 0. The number of aryl methyl sites for hydroxylation is 1. The molecule has 0 atom stereocenters. The summed E-state index contributed by atoms with van der Waals surface area (Å²) < 4.78 is 38.8. The van der Waals surface area contributed by atoms with Gasteiger partial charge in [0.2, 0.25) is 0 Å². The van der Waals surface area contributed by atoms with Crippen LogP contribution in [-0.4, -0.2) is 11.2 Å². The number of hydrogen-bond acceptors (Lipinski definition) is 3. The van der Waals surface area contributed by atoms with E-state index >= 15 is 0 Å². The molecular weight excluding hydrogens is 315 g/mol. The van der Waals surface area contributed by atoms with Crippen molar-refractivity contribution in [3.05, 3.63) is 71.3 Å². The third kappa shape index (κ3) is 3.37. The molecule has 1 aromatic heterocycles. The standard InChI is InChI=1S/C18H14F3N3/c1-12-10-17(23-16-9-5-3-7-14(12)16)24-22-11-13-6-2-4-8-15(13)18(19,20)21/h2-11H,1H3,(H,23,24)/b22-11-. The number of rotatable bonds is 3. The first-order chi connectivity index (χ1) is 11.4. The van der Waals surface area contributed by atoms with Gasteiger partial charge in [-0.25, -0.2) is 4.98 Å². The highest BCUT2D eigenvalue weighted by atomic mass is 19.4. The smallest absolute Gasteiger partial charge is 0.261 e. The highest BCUT2D eigenvalue weighted by molar-refractivity contribution is 5.85. The maximum Gasteiger partial charge on any atom is 0.417 e. The van der Waals surface area contributed by atoms with Gasteiger partial charge >= 0.3 is 6.18 Å². The molecular formula is C18H14F3N3. The monoisotopic (exact) mass is 329 g/mol. The Kier molecular flexibility index (Phi) is 4.20. The summed E-state index contributed by atoms with van der Waals surface area (Å²) in [6.07, 6.45) is -3.27. The molecule has 1 heterocycles. The van der Waals surface area contributed by atoms with Crippen LogP contribution in [0.4, 0.5) is 19.0 Å². The van der Waals surface area contributed by atoms with Crippen LogP contribution in [0.5, 0.6) is 0 Å². The Bertz CT molecular complexity index is 901. The summed E-state index contributed by atoms with van der Waals surface area (Å²) in [5.41, 5.74) is 3.77. The number of alkyl halides is 3. The number of hydrazone groups is 1. The summed E-state index contributed by atoms with van der Waals surface area (Å²) in [6.45, 7) is 1.94. The van der Waals surface area contributed by atoms with E-state index < -0.39 is 11.7 Å². The number of anilines is 1. The Hall–Kier alpha value is -2.89. The van der Waals surface area contributed by atoms with Gasteiger partial charge in [0.25, 0.3) is 0 Å². The van der Waals surface area contributed by atoms with Crippen molar-refractivity contribution >= 4 is 22.9 Å². The van der Waals surface area contributed by atoms with E-state index in [2.05, 4.69) is 15.5 Å². The zero-order valence-corrected chi connectivity index (χ0v) is 12.8. The van der Waals surface area contributed by atoms with Crippen molar-refractivity contribution in [3.63, 3.8) is 0 Å². The average Bonchev–Trinajstić information content (AvgIpc) is 2.54. The fraction of sp³-hybridized carbons (Fsp3) is 0.111. The number of nitrogens with one attached hydrogen (secondary N) is 1. The molecule has 0 aliphatic heterocycles. The van der Waals surface area contributed by atoms with Crippen molar-refractivity contribution in [1.82, 2.24) is 4.98 Å². The van der Waals surface area contributed by atoms with Crippen molar-refractivity contribution in [3.8, 4) is 0 Å². The van der Waals surface area contributed by atoms with Crippen LogP contribution in [0.25, 0.3) is 10.9 Å². The Balaban J connectivity index is 1.85. The van der Waals surface area contributed by atoms with Crippen LogP contribution in [0.2, 0.25) is 0 Å². The summed E-state index contributed by atoms with van der Waals surface area (Å²) in [5, 5.41) is 4.92. The molecule has 122 valence electrons. The first-order valence-electron chi connectivity index (χ1n) is 7.27. The second kappa shape index (κ2) is 6.31. The Labute approximate surface area is 136 Å². The van der Waals surface area contributed by atoms with Crippen LogP contribution in [0, 0.1) is 6.92 Å². The molecule has 0 aliphatic rings. The molecule has 0 unspecified atom stereocenters. The van der Waals surface area contributed by atoms with E-state index in [9.17, 15) is 13.2 Å². The second-order valence-corrected chi connectivity index (χ2v) is 5.30. The quantitative estimate of drug-likeness (QED) is 0.542. The zero-order chi connectivity index (χ0) is 17.2. The fourth-order valence-corrected chi connectivity index (χ4v) is 2.44. The minimum atomic E-state index is -4.42. The van der Waals surface area contributed by atoms with Crippen molar-refractivity contribution in [2.24, 2.45) is 5.10 Å². The molecule has 0 saturated heterocycles. The molecule has 0 bridgehead atoms. The summed E-state index contributed by atoms with van der Waals surface area (Å²) >= 11 is 0. The molecule has 2 aromatic carbocycles. The average molecular weight is 329 g/mol.